The normalized spacial score (nSPS) is 15.2. The number of fused-ring (bicyclic) bond motifs is 2. The minimum atomic E-state index is -0.502. The van der Waals surface area contributed by atoms with E-state index in [9.17, 15) is 9.59 Å². The topological polar surface area (TPSA) is 86.8 Å². The first-order valence-electron chi connectivity index (χ1n) is 12.4. The fraction of sp³-hybridized carbons (Fsp3) is 0.414. The van der Waals surface area contributed by atoms with E-state index in [1.807, 2.05) is 24.3 Å². The number of para-hydroxylation sites is 1. The third kappa shape index (κ3) is 5.30. The van der Waals surface area contributed by atoms with Gasteiger partial charge in [0.25, 0.3) is 5.91 Å². The molecule has 3 aromatic rings. The molecule has 1 atom stereocenters. The second-order valence-corrected chi connectivity index (χ2v) is 9.94. The molecule has 1 aliphatic carbocycles. The number of esters is 1. The van der Waals surface area contributed by atoms with E-state index < -0.39 is 18.5 Å². The van der Waals surface area contributed by atoms with Gasteiger partial charge < -0.3 is 19.5 Å². The summed E-state index contributed by atoms with van der Waals surface area (Å²) in [4.78, 5) is 31.0. The number of hydrogen-bond acceptors (Lipinski definition) is 6. The molecule has 36 heavy (non-hydrogen) atoms. The number of anilines is 1. The Bertz CT molecular complexity index is 1260. The molecule has 0 aliphatic heterocycles. The summed E-state index contributed by atoms with van der Waals surface area (Å²) in [5, 5.41) is 3.50. The average molecular weight is 491 g/mol. The molecule has 0 bridgehead atoms. The van der Waals surface area contributed by atoms with Gasteiger partial charge in [-0.15, -0.1) is 0 Å². The Kier molecular flexibility index (Phi) is 7.48. The molecule has 7 heteroatoms. The zero-order valence-electron chi connectivity index (χ0n) is 21.6. The van der Waals surface area contributed by atoms with E-state index in [-0.39, 0.29) is 5.41 Å². The molecule has 1 heterocycles. The monoisotopic (exact) mass is 490 g/mol. The molecular weight excluding hydrogens is 456 g/mol. The van der Waals surface area contributed by atoms with Crippen LogP contribution in [-0.4, -0.2) is 37.7 Å². The Morgan fingerprint density at radius 2 is 1.78 bits per heavy atom. The van der Waals surface area contributed by atoms with Gasteiger partial charge in [0, 0.05) is 35.0 Å². The van der Waals surface area contributed by atoms with Crippen molar-refractivity contribution in [3.63, 3.8) is 0 Å². The number of pyridine rings is 1. The fourth-order valence-electron chi connectivity index (χ4n) is 4.86. The molecule has 1 N–H and O–H groups in total. The van der Waals surface area contributed by atoms with Crippen molar-refractivity contribution in [2.45, 2.75) is 46.5 Å². The Morgan fingerprint density at radius 3 is 2.44 bits per heavy atom. The van der Waals surface area contributed by atoms with Crippen LogP contribution in [-0.2, 0) is 22.4 Å². The van der Waals surface area contributed by atoms with Gasteiger partial charge in [-0.3, -0.25) is 9.78 Å². The van der Waals surface area contributed by atoms with Gasteiger partial charge in [-0.2, -0.15) is 0 Å². The quantitative estimate of drug-likeness (QED) is 0.414. The number of ether oxygens (including phenoxy) is 3. The highest BCUT2D eigenvalue weighted by molar-refractivity contribution is 6.06. The molecule has 0 radical (unpaired) electrons. The van der Waals surface area contributed by atoms with Crippen molar-refractivity contribution in [2.75, 3.05) is 26.1 Å². The van der Waals surface area contributed by atoms with E-state index in [1.165, 1.54) is 14.2 Å². The number of carbonyl (C=O) groups is 2. The minimum absolute atomic E-state index is 0.155. The molecule has 190 valence electrons. The molecule has 1 unspecified atom stereocenters. The Labute approximate surface area is 212 Å². The van der Waals surface area contributed by atoms with Crippen molar-refractivity contribution in [1.82, 2.24) is 4.98 Å². The molecule has 0 saturated heterocycles. The van der Waals surface area contributed by atoms with E-state index in [4.69, 9.17) is 19.2 Å². The van der Waals surface area contributed by atoms with Crippen LogP contribution in [0.2, 0.25) is 0 Å². The van der Waals surface area contributed by atoms with Crippen LogP contribution in [0.4, 0.5) is 5.69 Å². The number of nitrogens with one attached hydrogen (secondary N) is 1. The Balaban J connectivity index is 1.57. The highest BCUT2D eigenvalue weighted by Crippen LogP contribution is 2.41. The number of rotatable bonds is 8. The van der Waals surface area contributed by atoms with Gasteiger partial charge in [0.15, 0.2) is 6.61 Å². The molecule has 0 saturated carbocycles. The lowest BCUT2D eigenvalue weighted by atomic mass is 9.68. The van der Waals surface area contributed by atoms with Gasteiger partial charge in [-0.05, 0) is 42.2 Å². The predicted octanol–water partition coefficient (Wildman–Crippen LogP) is 5.59. The van der Waals surface area contributed by atoms with Gasteiger partial charge in [-0.1, -0.05) is 45.4 Å². The van der Waals surface area contributed by atoms with Crippen molar-refractivity contribution < 1.29 is 23.8 Å². The molecule has 2 aromatic carbocycles. The number of aryl methyl sites for hydroxylation is 1. The van der Waals surface area contributed by atoms with Gasteiger partial charge in [0.2, 0.25) is 0 Å². The number of hydrogen-bond donors (Lipinski definition) is 1. The number of carbonyl (C=O) groups excluding carboxylic acids is 2. The van der Waals surface area contributed by atoms with Crippen LogP contribution in [0.25, 0.3) is 10.9 Å². The summed E-state index contributed by atoms with van der Waals surface area (Å²) < 4.78 is 16.0. The van der Waals surface area contributed by atoms with Crippen molar-refractivity contribution in [3.05, 3.63) is 59.3 Å². The summed E-state index contributed by atoms with van der Waals surface area (Å²) in [5.41, 5.74) is 3.85. The zero-order valence-corrected chi connectivity index (χ0v) is 21.6. The maximum atomic E-state index is 13.4. The predicted molar refractivity (Wildman–Crippen MR) is 140 cm³/mol. The maximum absolute atomic E-state index is 13.4. The average Bonchev–Trinajstić information content (AvgIpc) is 2.89. The van der Waals surface area contributed by atoms with E-state index in [0.29, 0.717) is 28.7 Å². The highest BCUT2D eigenvalue weighted by atomic mass is 16.5. The summed E-state index contributed by atoms with van der Waals surface area (Å²) in [5.74, 6) is 0.576. The van der Waals surface area contributed by atoms with Crippen LogP contribution >= 0.6 is 0 Å². The van der Waals surface area contributed by atoms with Crippen LogP contribution in [0.5, 0.6) is 11.5 Å². The molecule has 1 aliphatic rings. The largest absolute Gasteiger partial charge is 0.497 e. The third-order valence-electron chi connectivity index (χ3n) is 7.45. The van der Waals surface area contributed by atoms with E-state index >= 15 is 0 Å². The van der Waals surface area contributed by atoms with Crippen molar-refractivity contribution in [1.29, 1.82) is 0 Å². The Hall–Kier alpha value is -3.61. The summed E-state index contributed by atoms with van der Waals surface area (Å²) in [7, 11) is 3.07. The van der Waals surface area contributed by atoms with Crippen LogP contribution < -0.4 is 14.8 Å². The van der Waals surface area contributed by atoms with Crippen LogP contribution in [0, 0.1) is 11.3 Å². The molecule has 7 nitrogen and oxygen atoms in total. The number of amides is 1. The number of aromatic nitrogens is 1. The smallest absolute Gasteiger partial charge is 0.339 e. The van der Waals surface area contributed by atoms with Crippen LogP contribution in [0.1, 0.15) is 55.2 Å². The summed E-state index contributed by atoms with van der Waals surface area (Å²) in [6.45, 7) is 6.37. The molecular formula is C29H34N2O5. The Morgan fingerprint density at radius 1 is 1.08 bits per heavy atom. The molecule has 4 rings (SSSR count). The number of benzene rings is 2. The summed E-state index contributed by atoms with van der Waals surface area (Å²) in [6.07, 6.45) is 3.70. The first kappa shape index (κ1) is 25.5. The lowest BCUT2D eigenvalue weighted by molar-refractivity contribution is -0.119. The van der Waals surface area contributed by atoms with E-state index in [1.54, 1.807) is 18.2 Å². The van der Waals surface area contributed by atoms with Gasteiger partial charge >= 0.3 is 5.97 Å². The standard InChI is InChI=1S/C29H34N2O5/c1-6-29(2,3)18-11-12-25-23(13-18)27(22-9-7-8-10-24(22)31-25)28(33)36-17-26(32)30-19-14-20(34-4)16-21(15-19)35-5/h7-10,14-16,18H,6,11-13,17H2,1-5H3,(H,30,32). The van der Waals surface area contributed by atoms with Crippen LogP contribution in [0.3, 0.4) is 0 Å². The third-order valence-corrected chi connectivity index (χ3v) is 7.45. The van der Waals surface area contributed by atoms with Crippen molar-refractivity contribution in [3.8, 4) is 11.5 Å². The lowest BCUT2D eigenvalue weighted by Gasteiger charge is -2.37. The minimum Gasteiger partial charge on any atom is -0.497 e. The first-order valence-corrected chi connectivity index (χ1v) is 12.4. The molecule has 0 fully saturated rings. The van der Waals surface area contributed by atoms with E-state index in [0.717, 1.165) is 47.8 Å². The zero-order chi connectivity index (χ0) is 25.9. The molecule has 1 amide bonds. The summed E-state index contributed by atoms with van der Waals surface area (Å²) >= 11 is 0. The highest BCUT2D eigenvalue weighted by Gasteiger charge is 2.34. The maximum Gasteiger partial charge on any atom is 0.339 e. The molecule has 0 spiro atoms. The summed E-state index contributed by atoms with van der Waals surface area (Å²) in [6, 6.07) is 12.7. The number of nitrogens with zero attached hydrogens (tertiary/aromatic N) is 1. The lowest BCUT2D eigenvalue weighted by Crippen LogP contribution is -2.31. The number of methoxy groups -OCH3 is 2. The second-order valence-electron chi connectivity index (χ2n) is 9.94. The SMILES string of the molecule is CCC(C)(C)C1CCc2nc3ccccc3c(C(=O)OCC(=O)Nc3cc(OC)cc(OC)c3)c2C1. The van der Waals surface area contributed by atoms with Crippen LogP contribution in [0.15, 0.2) is 42.5 Å². The fourth-order valence-corrected chi connectivity index (χ4v) is 4.86. The second kappa shape index (κ2) is 10.6. The van der Waals surface area contributed by atoms with Crippen molar-refractivity contribution >= 4 is 28.5 Å². The van der Waals surface area contributed by atoms with Gasteiger partial charge in [0.05, 0.1) is 25.3 Å². The molecule has 1 aromatic heterocycles. The van der Waals surface area contributed by atoms with E-state index in [2.05, 4.69) is 26.1 Å². The van der Waals surface area contributed by atoms with Gasteiger partial charge in [0.1, 0.15) is 11.5 Å². The first-order chi connectivity index (χ1) is 17.2. The van der Waals surface area contributed by atoms with Gasteiger partial charge in [-0.25, -0.2) is 4.79 Å². The van der Waals surface area contributed by atoms with Crippen molar-refractivity contribution in [2.24, 2.45) is 11.3 Å².